The maximum atomic E-state index is 10.9. The molecule has 13 heavy (non-hydrogen) atoms. The molecule has 2 rings (SSSR count). The lowest BCUT2D eigenvalue weighted by molar-refractivity contribution is -0.115. The van der Waals surface area contributed by atoms with Crippen LogP contribution in [0.3, 0.4) is 0 Å². The fourth-order valence-corrected chi connectivity index (χ4v) is 1.27. The number of aromatic nitrogens is 1. The van der Waals surface area contributed by atoms with Gasteiger partial charge in [0.05, 0.1) is 6.42 Å². The molecule has 0 atom stereocenters. The summed E-state index contributed by atoms with van der Waals surface area (Å²) in [6.07, 6.45) is 1.58. The number of carbonyl (C=O) groups is 1. The van der Waals surface area contributed by atoms with Crippen LogP contribution in [0, 0.1) is 0 Å². The number of fused-ring (bicyclic) bond motifs is 1. The zero-order chi connectivity index (χ0) is 9.42. The molecular weight excluding hydrogens is 171 g/mol. The van der Waals surface area contributed by atoms with E-state index in [1.807, 2.05) is 0 Å². The second-order valence-corrected chi connectivity index (χ2v) is 2.88. The third-order valence-electron chi connectivity index (χ3n) is 1.89. The quantitative estimate of drug-likeness (QED) is 0.445. The molecule has 6 heteroatoms. The van der Waals surface area contributed by atoms with Crippen LogP contribution in [0.25, 0.3) is 0 Å². The Morgan fingerprint density at radius 1 is 1.54 bits per heavy atom. The van der Waals surface area contributed by atoms with Gasteiger partial charge in [-0.2, -0.15) is 0 Å². The van der Waals surface area contributed by atoms with Gasteiger partial charge in [0.15, 0.2) is 0 Å². The number of hydrogen-bond acceptors (Lipinski definition) is 4. The Balaban J connectivity index is 2.40. The van der Waals surface area contributed by atoms with Gasteiger partial charge < -0.3 is 15.4 Å². The van der Waals surface area contributed by atoms with Gasteiger partial charge in [-0.25, -0.2) is 4.98 Å². The largest absolute Gasteiger partial charge is 0.490 e. The van der Waals surface area contributed by atoms with Crippen molar-refractivity contribution in [2.45, 2.75) is 6.42 Å². The molecule has 1 aromatic heterocycles. The first-order valence-electron chi connectivity index (χ1n) is 3.81. The van der Waals surface area contributed by atoms with Crippen molar-refractivity contribution in [3.8, 4) is 0 Å². The number of amides is 1. The van der Waals surface area contributed by atoms with E-state index in [1.165, 1.54) is 6.20 Å². The van der Waals surface area contributed by atoms with Crippen molar-refractivity contribution in [1.82, 2.24) is 4.98 Å². The highest BCUT2D eigenvalue weighted by atomic mass is 16.4. The van der Waals surface area contributed by atoms with Crippen molar-refractivity contribution in [2.75, 3.05) is 5.32 Å². The minimum Gasteiger partial charge on any atom is -0.423 e. The summed E-state index contributed by atoms with van der Waals surface area (Å²) in [6.45, 7) is 0. The van der Waals surface area contributed by atoms with Crippen molar-refractivity contribution in [2.24, 2.45) is 0 Å². The number of carbonyl (C=O) groups excluding carboxylic acids is 1. The Morgan fingerprint density at radius 2 is 2.31 bits per heavy atom. The van der Waals surface area contributed by atoms with E-state index in [2.05, 4.69) is 10.3 Å². The lowest BCUT2D eigenvalue weighted by Crippen LogP contribution is -2.30. The summed E-state index contributed by atoms with van der Waals surface area (Å²) in [5, 5.41) is 20.2. The third kappa shape index (κ3) is 1.41. The molecule has 1 aliphatic rings. The van der Waals surface area contributed by atoms with Gasteiger partial charge in [-0.3, -0.25) is 4.79 Å². The number of rotatable bonds is 1. The molecule has 3 N–H and O–H groups in total. The van der Waals surface area contributed by atoms with Gasteiger partial charge in [0.1, 0.15) is 5.82 Å². The summed E-state index contributed by atoms with van der Waals surface area (Å²) < 4.78 is 0. The summed E-state index contributed by atoms with van der Waals surface area (Å²) >= 11 is 0. The van der Waals surface area contributed by atoms with Gasteiger partial charge in [0.25, 0.3) is 0 Å². The van der Waals surface area contributed by atoms with E-state index in [1.54, 1.807) is 6.07 Å². The van der Waals surface area contributed by atoms with Crippen molar-refractivity contribution in [1.29, 1.82) is 0 Å². The van der Waals surface area contributed by atoms with Gasteiger partial charge in [-0.1, -0.05) is 6.07 Å². The van der Waals surface area contributed by atoms with Crippen LogP contribution in [0.15, 0.2) is 12.3 Å². The first-order valence-corrected chi connectivity index (χ1v) is 3.81. The zero-order valence-electron chi connectivity index (χ0n) is 6.69. The molecule has 1 amide bonds. The van der Waals surface area contributed by atoms with Crippen LogP contribution < -0.4 is 10.8 Å². The van der Waals surface area contributed by atoms with Crippen LogP contribution in [0.1, 0.15) is 5.56 Å². The average Bonchev–Trinajstić information content (AvgIpc) is 2.42. The predicted molar refractivity (Wildman–Crippen MR) is 46.4 cm³/mol. The molecule has 0 unspecified atom stereocenters. The fraction of sp³-hybridized carbons (Fsp3) is 0.143. The molecule has 0 spiro atoms. The zero-order valence-corrected chi connectivity index (χ0v) is 6.69. The minimum atomic E-state index is -1.53. The summed E-state index contributed by atoms with van der Waals surface area (Å²) in [6, 6.07) is 1.56. The monoisotopic (exact) mass is 178 g/mol. The number of hydrogen-bond donors (Lipinski definition) is 3. The molecule has 1 aromatic rings. The molecule has 0 aliphatic carbocycles. The first kappa shape index (κ1) is 8.21. The Bertz CT molecular complexity index is 367. The van der Waals surface area contributed by atoms with Gasteiger partial charge in [-0.05, 0) is 0 Å². The molecule has 0 bridgehead atoms. The van der Waals surface area contributed by atoms with Crippen LogP contribution in [0.5, 0.6) is 0 Å². The predicted octanol–water partition coefficient (Wildman–Crippen LogP) is -1.74. The molecule has 1 aliphatic heterocycles. The molecule has 66 valence electrons. The molecule has 0 saturated carbocycles. The standard InChI is InChI=1S/C7H7BN2O3/c11-6-2-4-1-5(8(12)13)3-9-7(4)10-6/h1,3,12-13H,2H2,(H,9,10,11). The highest BCUT2D eigenvalue weighted by molar-refractivity contribution is 6.58. The normalized spacial score (nSPS) is 13.8. The Labute approximate surface area is 74.6 Å². The van der Waals surface area contributed by atoms with E-state index in [-0.39, 0.29) is 12.3 Å². The van der Waals surface area contributed by atoms with Crippen molar-refractivity contribution < 1.29 is 14.8 Å². The summed E-state index contributed by atoms with van der Waals surface area (Å²) in [5.74, 6) is 0.390. The highest BCUT2D eigenvalue weighted by Gasteiger charge is 2.21. The van der Waals surface area contributed by atoms with Crippen molar-refractivity contribution in [3.63, 3.8) is 0 Å². The number of nitrogens with one attached hydrogen (secondary N) is 1. The molecular formula is C7H7BN2O3. The number of nitrogens with zero attached hydrogens (tertiary/aromatic N) is 1. The average molecular weight is 178 g/mol. The van der Waals surface area contributed by atoms with E-state index < -0.39 is 7.12 Å². The fourth-order valence-electron chi connectivity index (χ4n) is 1.27. The Kier molecular flexibility index (Phi) is 1.79. The van der Waals surface area contributed by atoms with Crippen LogP contribution in [0.2, 0.25) is 0 Å². The van der Waals surface area contributed by atoms with Crippen LogP contribution in [0.4, 0.5) is 5.82 Å². The van der Waals surface area contributed by atoms with Gasteiger partial charge in [0, 0.05) is 17.2 Å². The van der Waals surface area contributed by atoms with E-state index >= 15 is 0 Å². The maximum Gasteiger partial charge on any atom is 0.490 e. The van der Waals surface area contributed by atoms with Crippen molar-refractivity contribution in [3.05, 3.63) is 17.8 Å². The van der Waals surface area contributed by atoms with Crippen LogP contribution in [-0.2, 0) is 11.2 Å². The molecule has 0 fully saturated rings. The topological polar surface area (TPSA) is 82.5 Å². The third-order valence-corrected chi connectivity index (χ3v) is 1.89. The minimum absolute atomic E-state index is 0.118. The van der Waals surface area contributed by atoms with E-state index in [9.17, 15) is 4.79 Å². The lowest BCUT2D eigenvalue weighted by atomic mass is 9.81. The summed E-state index contributed by atoms with van der Waals surface area (Å²) in [7, 11) is -1.53. The molecule has 0 aromatic carbocycles. The summed E-state index contributed by atoms with van der Waals surface area (Å²) in [5.41, 5.74) is 1.01. The second kappa shape index (κ2) is 2.83. The van der Waals surface area contributed by atoms with E-state index in [0.29, 0.717) is 16.8 Å². The van der Waals surface area contributed by atoms with Gasteiger partial charge in [-0.15, -0.1) is 0 Å². The smallest absolute Gasteiger partial charge is 0.423 e. The van der Waals surface area contributed by atoms with Crippen LogP contribution in [-0.4, -0.2) is 28.1 Å². The Hall–Kier alpha value is -1.40. The van der Waals surface area contributed by atoms with E-state index in [0.717, 1.165) is 0 Å². The number of pyridine rings is 1. The van der Waals surface area contributed by atoms with Crippen LogP contribution >= 0.6 is 0 Å². The molecule has 0 saturated heterocycles. The first-order chi connectivity index (χ1) is 6.16. The Morgan fingerprint density at radius 3 is 3.00 bits per heavy atom. The lowest BCUT2D eigenvalue weighted by Gasteiger charge is -2.00. The molecule has 5 nitrogen and oxygen atoms in total. The van der Waals surface area contributed by atoms with Gasteiger partial charge in [0.2, 0.25) is 5.91 Å². The van der Waals surface area contributed by atoms with Crippen molar-refractivity contribution >= 4 is 24.3 Å². The maximum absolute atomic E-state index is 10.9. The molecule has 2 heterocycles. The van der Waals surface area contributed by atoms with E-state index in [4.69, 9.17) is 10.0 Å². The highest BCUT2D eigenvalue weighted by Crippen LogP contribution is 2.17. The summed E-state index contributed by atoms with van der Waals surface area (Å²) in [4.78, 5) is 14.8. The molecule has 0 radical (unpaired) electrons. The number of anilines is 1. The second-order valence-electron chi connectivity index (χ2n) is 2.88. The SMILES string of the molecule is O=C1Cc2cc(B(O)O)cnc2N1. The van der Waals surface area contributed by atoms with Gasteiger partial charge >= 0.3 is 7.12 Å².